The highest BCUT2D eigenvalue weighted by Crippen LogP contribution is 2.43. The van der Waals surface area contributed by atoms with Gasteiger partial charge in [-0.1, -0.05) is 13.8 Å². The number of methoxy groups -OCH3 is 1. The molecule has 3 rings (SSSR count). The number of nitrogens with one attached hydrogen (secondary N) is 1. The summed E-state index contributed by atoms with van der Waals surface area (Å²) in [7, 11) is 1.30. The minimum Gasteiger partial charge on any atom is -0.496 e. The summed E-state index contributed by atoms with van der Waals surface area (Å²) < 4.78 is 74.7. The maximum absolute atomic E-state index is 13.9. The largest absolute Gasteiger partial charge is 0.496 e. The van der Waals surface area contributed by atoms with Crippen molar-refractivity contribution in [3.8, 4) is 5.75 Å². The monoisotopic (exact) mass is 456 g/mol. The molecule has 32 heavy (non-hydrogen) atoms. The molecule has 0 bridgehead atoms. The third-order valence-electron chi connectivity index (χ3n) is 5.37. The maximum atomic E-state index is 13.9. The van der Waals surface area contributed by atoms with Crippen LogP contribution in [-0.4, -0.2) is 36.1 Å². The Morgan fingerprint density at radius 1 is 1.16 bits per heavy atom. The lowest BCUT2D eigenvalue weighted by Gasteiger charge is -2.36. The Labute approximate surface area is 180 Å². The molecule has 0 radical (unpaired) electrons. The number of aliphatic hydroxyl groups is 1. The van der Waals surface area contributed by atoms with E-state index in [1.165, 1.54) is 27.0 Å². The van der Waals surface area contributed by atoms with Gasteiger partial charge in [0.25, 0.3) is 5.91 Å². The highest BCUT2D eigenvalue weighted by Gasteiger charge is 2.55. The molecule has 172 valence electrons. The zero-order valence-electron chi connectivity index (χ0n) is 17.5. The number of aliphatic imine (C=N–C) groups is 1. The van der Waals surface area contributed by atoms with Crippen LogP contribution in [-0.2, 0) is 12.0 Å². The fourth-order valence-electron chi connectivity index (χ4n) is 3.76. The number of fused-ring (bicyclic) bond motifs is 1. The first-order valence-electron chi connectivity index (χ1n) is 9.56. The lowest BCUT2D eigenvalue weighted by atomic mass is 9.74. The molecular weight excluding hydrogens is 435 g/mol. The van der Waals surface area contributed by atoms with Crippen molar-refractivity contribution >= 4 is 17.8 Å². The van der Waals surface area contributed by atoms with Gasteiger partial charge >= 0.3 is 6.18 Å². The van der Waals surface area contributed by atoms with Crippen LogP contribution >= 0.6 is 0 Å². The Morgan fingerprint density at radius 2 is 1.84 bits per heavy atom. The van der Waals surface area contributed by atoms with Crippen molar-refractivity contribution in [3.63, 3.8) is 0 Å². The van der Waals surface area contributed by atoms with Gasteiger partial charge in [0.1, 0.15) is 17.4 Å². The minimum atomic E-state index is -5.15. The van der Waals surface area contributed by atoms with Crippen LogP contribution in [0.25, 0.3) is 0 Å². The summed E-state index contributed by atoms with van der Waals surface area (Å²) in [5, 5.41) is 13.1. The van der Waals surface area contributed by atoms with Crippen LogP contribution < -0.4 is 10.1 Å². The second-order valence-electron chi connectivity index (χ2n) is 8.22. The molecule has 0 fully saturated rings. The zero-order valence-corrected chi connectivity index (χ0v) is 17.5. The minimum absolute atomic E-state index is 0.0301. The lowest BCUT2D eigenvalue weighted by Crippen LogP contribution is -2.50. The van der Waals surface area contributed by atoms with Crippen molar-refractivity contribution in [2.24, 2.45) is 4.99 Å². The van der Waals surface area contributed by atoms with Crippen molar-refractivity contribution < 1.29 is 36.6 Å². The third-order valence-corrected chi connectivity index (χ3v) is 5.37. The van der Waals surface area contributed by atoms with Crippen molar-refractivity contribution in [3.05, 3.63) is 58.7 Å². The third kappa shape index (κ3) is 4.45. The Morgan fingerprint density at radius 3 is 2.47 bits per heavy atom. The molecule has 0 saturated heterocycles. The Bertz CT molecular complexity index is 1080. The molecule has 1 amide bonds. The molecule has 1 unspecified atom stereocenters. The fourth-order valence-corrected chi connectivity index (χ4v) is 3.76. The average molecular weight is 456 g/mol. The molecule has 2 N–H and O–H groups in total. The molecule has 2 aromatic rings. The molecule has 1 aliphatic rings. The highest BCUT2D eigenvalue weighted by atomic mass is 19.4. The highest BCUT2D eigenvalue weighted by molar-refractivity contribution is 6.00. The van der Waals surface area contributed by atoms with E-state index in [4.69, 9.17) is 4.74 Å². The first kappa shape index (κ1) is 23.6. The van der Waals surface area contributed by atoms with Crippen LogP contribution in [0.4, 0.5) is 27.6 Å². The first-order chi connectivity index (χ1) is 14.8. The number of carbonyl (C=O) groups excluding carboxylic acids is 1. The second kappa shape index (κ2) is 8.16. The van der Waals surface area contributed by atoms with Gasteiger partial charge in [-0.2, -0.15) is 13.2 Å². The van der Waals surface area contributed by atoms with Crippen molar-refractivity contribution in [2.45, 2.75) is 44.0 Å². The SMILES string of the molecule is COc1ccc(F)cc1C(C)(C)CC(O)(C=Nc1cc(F)cc2c1CNC2=O)C(F)(F)F. The van der Waals surface area contributed by atoms with E-state index >= 15 is 0 Å². The summed E-state index contributed by atoms with van der Waals surface area (Å²) in [6, 6.07) is 5.28. The molecule has 2 aromatic carbocycles. The van der Waals surface area contributed by atoms with Gasteiger partial charge < -0.3 is 15.2 Å². The Hall–Kier alpha value is -3.01. The molecule has 1 heterocycles. The zero-order chi connectivity index (χ0) is 23.9. The van der Waals surface area contributed by atoms with Crippen LogP contribution in [0.1, 0.15) is 41.8 Å². The van der Waals surface area contributed by atoms with Crippen molar-refractivity contribution in [1.82, 2.24) is 5.32 Å². The van der Waals surface area contributed by atoms with Crippen LogP contribution in [0.5, 0.6) is 5.75 Å². The standard InChI is InChI=1S/C22H21F5N2O3/c1-20(2,16-7-12(23)4-5-18(16)32-3)10-21(31,22(25,26)27)11-29-17-8-13(24)6-14-15(17)9-28-19(14)30/h4-8,11,31H,9-10H2,1-3H3,(H,28,30). The number of ether oxygens (including phenoxy) is 1. The van der Waals surface area contributed by atoms with E-state index in [-0.39, 0.29) is 34.7 Å². The van der Waals surface area contributed by atoms with Crippen LogP contribution in [0.3, 0.4) is 0 Å². The van der Waals surface area contributed by atoms with Crippen molar-refractivity contribution in [1.29, 1.82) is 0 Å². The molecule has 0 spiro atoms. The summed E-state index contributed by atoms with van der Waals surface area (Å²) in [4.78, 5) is 15.5. The predicted molar refractivity (Wildman–Crippen MR) is 107 cm³/mol. The van der Waals surface area contributed by atoms with E-state index in [0.717, 1.165) is 24.3 Å². The Kier molecular flexibility index (Phi) is 6.03. The molecule has 1 atom stereocenters. The number of nitrogens with zero attached hydrogens (tertiary/aromatic N) is 1. The first-order valence-corrected chi connectivity index (χ1v) is 9.56. The summed E-state index contributed by atoms with van der Waals surface area (Å²) in [5.41, 5.74) is -4.74. The number of alkyl halides is 3. The number of hydrogen-bond donors (Lipinski definition) is 2. The number of benzene rings is 2. The quantitative estimate of drug-likeness (QED) is 0.494. The fraction of sp³-hybridized carbons (Fsp3) is 0.364. The van der Waals surface area contributed by atoms with Gasteiger partial charge in [0.15, 0.2) is 5.60 Å². The van der Waals surface area contributed by atoms with E-state index in [1.54, 1.807) is 0 Å². The molecular formula is C22H21F5N2O3. The summed E-state index contributed by atoms with van der Waals surface area (Å²) >= 11 is 0. The molecule has 0 aliphatic carbocycles. The predicted octanol–water partition coefficient (Wildman–Crippen LogP) is 4.58. The van der Waals surface area contributed by atoms with E-state index in [9.17, 15) is 31.9 Å². The van der Waals surface area contributed by atoms with Gasteiger partial charge in [-0.25, -0.2) is 8.78 Å². The molecule has 1 aliphatic heterocycles. The van der Waals surface area contributed by atoms with Gasteiger partial charge in [0.05, 0.1) is 12.8 Å². The number of rotatable bonds is 6. The van der Waals surface area contributed by atoms with E-state index in [0.29, 0.717) is 6.21 Å². The van der Waals surface area contributed by atoms with E-state index < -0.39 is 41.2 Å². The summed E-state index contributed by atoms with van der Waals surface area (Å²) in [6.07, 6.45) is -5.79. The van der Waals surface area contributed by atoms with Gasteiger partial charge in [0, 0.05) is 29.4 Å². The number of halogens is 5. The van der Waals surface area contributed by atoms with Gasteiger partial charge in [-0.3, -0.25) is 9.79 Å². The van der Waals surface area contributed by atoms with Gasteiger partial charge in [-0.15, -0.1) is 0 Å². The topological polar surface area (TPSA) is 70.9 Å². The number of carbonyl (C=O) groups is 1. The lowest BCUT2D eigenvalue weighted by molar-refractivity contribution is -0.234. The van der Waals surface area contributed by atoms with Gasteiger partial charge in [0.2, 0.25) is 0 Å². The number of amides is 1. The average Bonchev–Trinajstić information content (AvgIpc) is 3.05. The molecule has 5 nitrogen and oxygen atoms in total. The maximum Gasteiger partial charge on any atom is 0.422 e. The smallest absolute Gasteiger partial charge is 0.422 e. The molecule has 0 saturated carbocycles. The normalized spacial score (nSPS) is 16.1. The van der Waals surface area contributed by atoms with Crippen LogP contribution in [0.2, 0.25) is 0 Å². The second-order valence-corrected chi connectivity index (χ2v) is 8.22. The summed E-state index contributed by atoms with van der Waals surface area (Å²) in [6.45, 7) is 2.77. The molecule has 10 heteroatoms. The van der Waals surface area contributed by atoms with Crippen LogP contribution in [0.15, 0.2) is 35.3 Å². The summed E-state index contributed by atoms with van der Waals surface area (Å²) in [5.74, 6) is -1.94. The van der Waals surface area contributed by atoms with E-state index in [2.05, 4.69) is 10.3 Å². The van der Waals surface area contributed by atoms with Crippen LogP contribution in [0, 0.1) is 11.6 Å². The Balaban J connectivity index is 2.03. The molecule has 0 aromatic heterocycles. The van der Waals surface area contributed by atoms with Crippen molar-refractivity contribution in [2.75, 3.05) is 7.11 Å². The van der Waals surface area contributed by atoms with E-state index in [1.807, 2.05) is 0 Å². The van der Waals surface area contributed by atoms with Gasteiger partial charge in [-0.05, 0) is 42.2 Å². The number of hydrogen-bond acceptors (Lipinski definition) is 4.